The number of benzene rings is 2. The van der Waals surface area contributed by atoms with Crippen molar-refractivity contribution in [2.75, 3.05) is 12.4 Å². The lowest BCUT2D eigenvalue weighted by molar-refractivity contribution is -0.385. The quantitative estimate of drug-likeness (QED) is 0.392. The van der Waals surface area contributed by atoms with E-state index in [4.69, 9.17) is 4.74 Å². The van der Waals surface area contributed by atoms with Crippen LogP contribution in [0.4, 0.5) is 20.2 Å². The van der Waals surface area contributed by atoms with E-state index in [9.17, 15) is 23.7 Å². The van der Waals surface area contributed by atoms with E-state index < -0.39 is 28.9 Å². The summed E-state index contributed by atoms with van der Waals surface area (Å²) < 4.78 is 34.3. The van der Waals surface area contributed by atoms with Gasteiger partial charge in [0.2, 0.25) is 0 Å². The van der Waals surface area contributed by atoms with Crippen molar-refractivity contribution < 1.29 is 28.0 Å². The number of carbonyl (C=O) groups excluding carboxylic acids is 1. The van der Waals surface area contributed by atoms with E-state index in [1.165, 1.54) is 7.11 Å². The van der Waals surface area contributed by atoms with Gasteiger partial charge in [-0.05, 0) is 41.6 Å². The van der Waals surface area contributed by atoms with Gasteiger partial charge in [0.1, 0.15) is 5.56 Å². The highest BCUT2D eigenvalue weighted by atomic mass is 32.1. The number of nitro groups is 1. The summed E-state index contributed by atoms with van der Waals surface area (Å²) in [5, 5.41) is 16.0. The number of hydrogen-bond donors (Lipinski definition) is 1. The molecular weight excluding hydrogens is 418 g/mol. The fourth-order valence-corrected chi connectivity index (χ4v) is 3.76. The molecule has 1 N–H and O–H groups in total. The smallest absolute Gasteiger partial charge is 0.387 e. The second-order valence-corrected chi connectivity index (χ2v) is 7.04. The number of nitrogens with one attached hydrogen (secondary N) is 1. The zero-order chi connectivity index (χ0) is 21.8. The van der Waals surface area contributed by atoms with Crippen molar-refractivity contribution in [2.45, 2.75) is 13.5 Å². The van der Waals surface area contributed by atoms with Crippen LogP contribution in [0.25, 0.3) is 10.4 Å². The van der Waals surface area contributed by atoms with Gasteiger partial charge in [0, 0.05) is 16.6 Å². The minimum atomic E-state index is -3.21. The fourth-order valence-electron chi connectivity index (χ4n) is 2.83. The maximum Gasteiger partial charge on any atom is 0.387 e. The van der Waals surface area contributed by atoms with Crippen LogP contribution < -0.4 is 14.8 Å². The number of carbonyl (C=O) groups is 1. The second kappa shape index (κ2) is 8.87. The number of ether oxygens (including phenoxy) is 2. The van der Waals surface area contributed by atoms with Crippen LogP contribution in [0.15, 0.2) is 47.8 Å². The highest BCUT2D eigenvalue weighted by Crippen LogP contribution is 2.36. The Bertz CT molecular complexity index is 1100. The molecule has 0 fully saturated rings. The van der Waals surface area contributed by atoms with E-state index >= 15 is 0 Å². The number of nitro benzene ring substituents is 1. The number of amides is 1. The number of thiophene rings is 1. The summed E-state index contributed by atoms with van der Waals surface area (Å²) in [5.74, 6) is -1.55. The SMILES string of the molecule is COc1cc(C(=O)Nc2cccc(-c3sccc3C)c2)c([N+](=O)[O-])cc1OC(F)F. The molecular formula is C20H16F2N2O5S. The molecule has 0 radical (unpaired) electrons. The molecule has 0 atom stereocenters. The van der Waals surface area contributed by atoms with Crippen LogP contribution in [0.2, 0.25) is 0 Å². The van der Waals surface area contributed by atoms with Crippen molar-refractivity contribution >= 4 is 28.6 Å². The summed E-state index contributed by atoms with van der Waals surface area (Å²) in [6.45, 7) is -1.24. The van der Waals surface area contributed by atoms with Crippen LogP contribution in [0, 0.1) is 17.0 Å². The third kappa shape index (κ3) is 4.54. The number of nitrogens with zero attached hydrogens (tertiary/aromatic N) is 1. The first-order chi connectivity index (χ1) is 14.3. The van der Waals surface area contributed by atoms with Gasteiger partial charge in [0.15, 0.2) is 11.5 Å². The zero-order valence-corrected chi connectivity index (χ0v) is 16.7. The molecule has 0 saturated heterocycles. The Morgan fingerprint density at radius 2 is 1.97 bits per heavy atom. The summed E-state index contributed by atoms with van der Waals surface area (Å²) in [7, 11) is 1.17. The van der Waals surface area contributed by atoms with E-state index in [0.29, 0.717) is 5.69 Å². The van der Waals surface area contributed by atoms with Gasteiger partial charge in [0.05, 0.1) is 18.1 Å². The first-order valence-electron chi connectivity index (χ1n) is 8.57. The highest BCUT2D eigenvalue weighted by molar-refractivity contribution is 7.13. The first kappa shape index (κ1) is 21.2. The molecule has 0 unspecified atom stereocenters. The molecule has 1 amide bonds. The lowest BCUT2D eigenvalue weighted by atomic mass is 10.1. The summed E-state index contributed by atoms with van der Waals surface area (Å²) in [6.07, 6.45) is 0. The Balaban J connectivity index is 1.95. The molecule has 0 aliphatic heterocycles. The Labute approximate surface area is 174 Å². The second-order valence-electron chi connectivity index (χ2n) is 6.12. The van der Waals surface area contributed by atoms with Crippen LogP contribution in [0.1, 0.15) is 15.9 Å². The third-order valence-corrected chi connectivity index (χ3v) is 5.25. The number of methoxy groups -OCH3 is 1. The van der Waals surface area contributed by atoms with Gasteiger partial charge in [-0.3, -0.25) is 14.9 Å². The number of aryl methyl sites for hydroxylation is 1. The van der Waals surface area contributed by atoms with E-state index in [0.717, 1.165) is 28.1 Å². The third-order valence-electron chi connectivity index (χ3n) is 4.18. The molecule has 1 aromatic heterocycles. The van der Waals surface area contributed by atoms with Gasteiger partial charge in [0.25, 0.3) is 11.6 Å². The van der Waals surface area contributed by atoms with Crippen molar-refractivity contribution in [1.82, 2.24) is 0 Å². The molecule has 3 aromatic rings. The Hall–Kier alpha value is -3.53. The molecule has 10 heteroatoms. The number of halogens is 2. The van der Waals surface area contributed by atoms with Crippen molar-refractivity contribution in [3.63, 3.8) is 0 Å². The van der Waals surface area contributed by atoms with Crippen LogP contribution in [0.5, 0.6) is 11.5 Å². The zero-order valence-electron chi connectivity index (χ0n) is 15.8. The predicted octanol–water partition coefficient (Wildman–Crippen LogP) is 5.49. The predicted molar refractivity (Wildman–Crippen MR) is 109 cm³/mol. The van der Waals surface area contributed by atoms with E-state index in [1.54, 1.807) is 29.5 Å². The van der Waals surface area contributed by atoms with Crippen LogP contribution >= 0.6 is 11.3 Å². The first-order valence-corrected chi connectivity index (χ1v) is 9.45. The molecule has 0 spiro atoms. The normalized spacial score (nSPS) is 10.7. The highest BCUT2D eigenvalue weighted by Gasteiger charge is 2.26. The topological polar surface area (TPSA) is 90.7 Å². The van der Waals surface area contributed by atoms with E-state index in [2.05, 4.69) is 10.1 Å². The minimum absolute atomic E-state index is 0.228. The fraction of sp³-hybridized carbons (Fsp3) is 0.150. The molecule has 3 rings (SSSR count). The van der Waals surface area contributed by atoms with Crippen molar-refractivity contribution in [3.8, 4) is 21.9 Å². The minimum Gasteiger partial charge on any atom is -0.493 e. The Morgan fingerprint density at radius 1 is 1.20 bits per heavy atom. The maximum atomic E-state index is 12.7. The molecule has 156 valence electrons. The molecule has 1 heterocycles. The maximum absolute atomic E-state index is 12.7. The van der Waals surface area contributed by atoms with Crippen molar-refractivity contribution in [1.29, 1.82) is 0 Å². The van der Waals surface area contributed by atoms with Crippen molar-refractivity contribution in [3.05, 3.63) is 69.1 Å². The molecule has 0 bridgehead atoms. The molecule has 30 heavy (non-hydrogen) atoms. The Kier molecular flexibility index (Phi) is 6.26. The van der Waals surface area contributed by atoms with Crippen molar-refractivity contribution in [2.24, 2.45) is 0 Å². The van der Waals surface area contributed by atoms with E-state index in [-0.39, 0.29) is 11.3 Å². The average molecular weight is 434 g/mol. The van der Waals surface area contributed by atoms with E-state index in [1.807, 2.05) is 24.4 Å². The van der Waals surface area contributed by atoms with Gasteiger partial charge in [-0.1, -0.05) is 12.1 Å². The molecule has 7 nitrogen and oxygen atoms in total. The monoisotopic (exact) mass is 434 g/mol. The number of anilines is 1. The van der Waals surface area contributed by atoms with Gasteiger partial charge in [-0.25, -0.2) is 0 Å². The summed E-state index contributed by atoms with van der Waals surface area (Å²) in [5.41, 5.74) is 1.35. The van der Waals surface area contributed by atoms with Gasteiger partial charge in [-0.2, -0.15) is 8.78 Å². The van der Waals surface area contributed by atoms with Crippen LogP contribution in [0.3, 0.4) is 0 Å². The number of alkyl halides is 2. The number of rotatable bonds is 7. The molecule has 2 aromatic carbocycles. The van der Waals surface area contributed by atoms with Crippen LogP contribution in [-0.2, 0) is 0 Å². The summed E-state index contributed by atoms with van der Waals surface area (Å²) in [6, 6.07) is 10.7. The average Bonchev–Trinajstić information content (AvgIpc) is 3.13. The Morgan fingerprint density at radius 3 is 2.57 bits per heavy atom. The summed E-state index contributed by atoms with van der Waals surface area (Å²) >= 11 is 1.55. The largest absolute Gasteiger partial charge is 0.493 e. The van der Waals surface area contributed by atoms with Gasteiger partial charge in [-0.15, -0.1) is 11.3 Å². The molecule has 0 saturated carbocycles. The number of hydrogen-bond acceptors (Lipinski definition) is 6. The standard InChI is InChI=1S/C20H16F2N2O5S/c1-11-6-7-30-18(11)12-4-3-5-13(8-12)23-19(25)14-9-16(28-2)17(29-20(21)22)10-15(14)24(26)27/h3-10,20H,1-2H3,(H,23,25). The summed E-state index contributed by atoms with van der Waals surface area (Å²) in [4.78, 5) is 24.3. The van der Waals surface area contributed by atoms with Gasteiger partial charge < -0.3 is 14.8 Å². The lowest BCUT2D eigenvalue weighted by Gasteiger charge is -2.12. The molecule has 0 aliphatic rings. The molecule has 0 aliphatic carbocycles. The lowest BCUT2D eigenvalue weighted by Crippen LogP contribution is -2.15. The van der Waals surface area contributed by atoms with Crippen LogP contribution in [-0.4, -0.2) is 24.6 Å². The van der Waals surface area contributed by atoms with Gasteiger partial charge >= 0.3 is 6.61 Å².